The van der Waals surface area contributed by atoms with Gasteiger partial charge in [-0.1, -0.05) is 43.8 Å². The van der Waals surface area contributed by atoms with Crippen LogP contribution >= 0.6 is 11.8 Å². The highest BCUT2D eigenvalue weighted by Crippen LogP contribution is 2.25. The molecule has 0 amide bonds. The van der Waals surface area contributed by atoms with E-state index in [4.69, 9.17) is 0 Å². The average Bonchev–Trinajstić information content (AvgIpc) is 2.96. The van der Waals surface area contributed by atoms with Crippen LogP contribution in [0.15, 0.2) is 39.0 Å². The molecule has 3 rings (SSSR count). The number of fused-ring (bicyclic) bond motifs is 1. The second-order valence-corrected chi connectivity index (χ2v) is 7.93. The fourth-order valence-corrected chi connectivity index (χ4v) is 3.85. The summed E-state index contributed by atoms with van der Waals surface area (Å²) in [5.41, 5.74) is 0.609. The van der Waals surface area contributed by atoms with Crippen LogP contribution in [0.25, 0.3) is 11.2 Å². The molecule has 0 aliphatic carbocycles. The van der Waals surface area contributed by atoms with E-state index in [0.717, 1.165) is 6.42 Å². The Morgan fingerprint density at radius 1 is 1.15 bits per heavy atom. The topological polar surface area (TPSA) is 61.8 Å². The van der Waals surface area contributed by atoms with Gasteiger partial charge in [-0.25, -0.2) is 14.2 Å². The minimum atomic E-state index is -0.364. The normalized spacial score (nSPS) is 11.6. The zero-order valence-corrected chi connectivity index (χ0v) is 16.7. The van der Waals surface area contributed by atoms with Gasteiger partial charge in [0.2, 0.25) is 0 Å². The second-order valence-electron chi connectivity index (χ2n) is 6.99. The van der Waals surface area contributed by atoms with Crippen molar-refractivity contribution in [2.24, 2.45) is 20.0 Å². The Hall–Kier alpha value is -2.35. The number of aromatic nitrogens is 4. The summed E-state index contributed by atoms with van der Waals surface area (Å²) >= 11 is 1.34. The van der Waals surface area contributed by atoms with Crippen molar-refractivity contribution in [1.29, 1.82) is 0 Å². The molecular formula is C19H23FN4O2S. The van der Waals surface area contributed by atoms with Crippen LogP contribution < -0.4 is 11.2 Å². The molecule has 0 bridgehead atoms. The molecule has 1 aromatic carbocycles. The van der Waals surface area contributed by atoms with Crippen molar-refractivity contribution in [2.45, 2.75) is 37.7 Å². The van der Waals surface area contributed by atoms with Crippen LogP contribution in [0.1, 0.15) is 25.8 Å². The lowest BCUT2D eigenvalue weighted by Gasteiger charge is -2.10. The molecule has 0 saturated carbocycles. The molecule has 0 unspecified atom stereocenters. The predicted molar refractivity (Wildman–Crippen MR) is 106 cm³/mol. The Labute approximate surface area is 160 Å². The molecule has 6 nitrogen and oxygen atoms in total. The highest BCUT2D eigenvalue weighted by atomic mass is 32.2. The van der Waals surface area contributed by atoms with Gasteiger partial charge in [0.25, 0.3) is 5.56 Å². The first-order chi connectivity index (χ1) is 12.8. The van der Waals surface area contributed by atoms with Crippen molar-refractivity contribution in [2.75, 3.05) is 0 Å². The van der Waals surface area contributed by atoms with Crippen molar-refractivity contribution in [1.82, 2.24) is 18.7 Å². The number of hydrogen-bond acceptors (Lipinski definition) is 4. The van der Waals surface area contributed by atoms with Crippen molar-refractivity contribution in [3.63, 3.8) is 0 Å². The number of aryl methyl sites for hydroxylation is 2. The highest BCUT2D eigenvalue weighted by molar-refractivity contribution is 7.98. The summed E-state index contributed by atoms with van der Waals surface area (Å²) in [6, 6.07) is 6.57. The van der Waals surface area contributed by atoms with Crippen molar-refractivity contribution < 1.29 is 4.39 Å². The summed E-state index contributed by atoms with van der Waals surface area (Å²) in [5.74, 6) is 0.502. The zero-order chi connectivity index (χ0) is 19.7. The molecule has 0 radical (unpaired) electrons. The zero-order valence-electron chi connectivity index (χ0n) is 15.9. The first-order valence-electron chi connectivity index (χ1n) is 8.83. The molecule has 0 fully saturated rings. The maximum absolute atomic E-state index is 13.8. The van der Waals surface area contributed by atoms with Crippen molar-refractivity contribution in [3.05, 3.63) is 56.5 Å². The Kier molecular flexibility index (Phi) is 5.55. The first kappa shape index (κ1) is 19.4. The lowest BCUT2D eigenvalue weighted by atomic mass is 10.1. The number of benzene rings is 1. The summed E-state index contributed by atoms with van der Waals surface area (Å²) in [5, 5.41) is 0.571. The minimum absolute atomic E-state index is 0.271. The molecule has 8 heteroatoms. The summed E-state index contributed by atoms with van der Waals surface area (Å²) in [6.07, 6.45) is 0.743. The molecular weight excluding hydrogens is 367 g/mol. The van der Waals surface area contributed by atoms with E-state index in [2.05, 4.69) is 18.8 Å². The number of thioether (sulfide) groups is 1. The average molecular weight is 390 g/mol. The predicted octanol–water partition coefficient (Wildman–Crippen LogP) is 2.91. The van der Waals surface area contributed by atoms with Crippen LogP contribution in [0, 0.1) is 11.7 Å². The summed E-state index contributed by atoms with van der Waals surface area (Å²) in [4.78, 5) is 29.9. The van der Waals surface area contributed by atoms with Gasteiger partial charge in [0.15, 0.2) is 16.3 Å². The number of halogens is 1. The third-order valence-corrected chi connectivity index (χ3v) is 5.64. The van der Waals surface area contributed by atoms with Gasteiger partial charge in [0.05, 0.1) is 0 Å². The number of nitrogens with zero attached hydrogens (tertiary/aromatic N) is 4. The second kappa shape index (κ2) is 7.72. The molecule has 27 heavy (non-hydrogen) atoms. The van der Waals surface area contributed by atoms with Crippen molar-refractivity contribution >= 4 is 22.9 Å². The van der Waals surface area contributed by atoms with E-state index in [1.807, 2.05) is 0 Å². The van der Waals surface area contributed by atoms with Gasteiger partial charge in [-0.15, -0.1) is 0 Å². The smallest absolute Gasteiger partial charge is 0.316 e. The number of hydrogen-bond donors (Lipinski definition) is 0. The lowest BCUT2D eigenvalue weighted by Crippen LogP contribution is -2.39. The summed E-state index contributed by atoms with van der Waals surface area (Å²) in [6.45, 7) is 4.48. The quantitative estimate of drug-likeness (QED) is 0.607. The third-order valence-electron chi connectivity index (χ3n) is 4.56. The van der Waals surface area contributed by atoms with Crippen LogP contribution in [-0.2, 0) is 26.4 Å². The fourth-order valence-electron chi connectivity index (χ4n) is 2.89. The van der Waals surface area contributed by atoms with Gasteiger partial charge in [0.1, 0.15) is 5.82 Å². The molecule has 0 N–H and O–H groups in total. The Morgan fingerprint density at radius 2 is 1.85 bits per heavy atom. The van der Waals surface area contributed by atoms with Gasteiger partial charge < -0.3 is 4.57 Å². The van der Waals surface area contributed by atoms with Crippen molar-refractivity contribution in [3.8, 4) is 0 Å². The van der Waals surface area contributed by atoms with Crippen LogP contribution in [0.2, 0.25) is 0 Å². The molecule has 0 saturated heterocycles. The highest BCUT2D eigenvalue weighted by Gasteiger charge is 2.19. The van der Waals surface area contributed by atoms with Crippen LogP contribution in [-0.4, -0.2) is 18.7 Å². The molecule has 0 aliphatic rings. The monoisotopic (exact) mass is 390 g/mol. The van der Waals surface area contributed by atoms with Crippen LogP contribution in [0.5, 0.6) is 0 Å². The third kappa shape index (κ3) is 3.71. The van der Waals surface area contributed by atoms with Gasteiger partial charge in [-0.05, 0) is 24.0 Å². The molecule has 0 atom stereocenters. The van der Waals surface area contributed by atoms with Gasteiger partial charge >= 0.3 is 5.69 Å². The van der Waals surface area contributed by atoms with Gasteiger partial charge in [-0.3, -0.25) is 13.9 Å². The Balaban J connectivity index is 2.02. The van der Waals surface area contributed by atoms with E-state index in [9.17, 15) is 14.0 Å². The molecule has 0 spiro atoms. The SMILES string of the molecule is CC(C)CCn1c(=O)c2c(nc(SCc3ccccc3F)n2C)n(C)c1=O. The Bertz CT molecular complexity index is 1100. The fraction of sp³-hybridized carbons (Fsp3) is 0.421. The maximum atomic E-state index is 13.8. The maximum Gasteiger partial charge on any atom is 0.332 e. The van der Waals surface area contributed by atoms with E-state index in [-0.39, 0.29) is 17.1 Å². The van der Waals surface area contributed by atoms with E-state index < -0.39 is 0 Å². The van der Waals surface area contributed by atoms with Gasteiger partial charge in [0, 0.05) is 26.4 Å². The largest absolute Gasteiger partial charge is 0.332 e. The van der Waals surface area contributed by atoms with Crippen LogP contribution in [0.4, 0.5) is 4.39 Å². The molecule has 2 heterocycles. The van der Waals surface area contributed by atoms with Gasteiger partial charge in [-0.2, -0.15) is 0 Å². The number of rotatable bonds is 6. The lowest BCUT2D eigenvalue weighted by molar-refractivity contribution is 0.488. The molecule has 144 valence electrons. The van der Waals surface area contributed by atoms with E-state index in [1.165, 1.54) is 27.0 Å². The molecule has 0 aliphatic heterocycles. The molecule has 3 aromatic rings. The van der Waals surface area contributed by atoms with E-state index in [1.54, 1.807) is 36.9 Å². The number of imidazole rings is 1. The Morgan fingerprint density at radius 3 is 2.52 bits per heavy atom. The van der Waals surface area contributed by atoms with E-state index >= 15 is 0 Å². The standard InChI is InChI=1S/C19H23FN4O2S/c1-12(2)9-10-24-17(25)15-16(23(4)19(24)26)21-18(22(15)3)27-11-13-7-5-6-8-14(13)20/h5-8,12H,9-11H2,1-4H3. The summed E-state index contributed by atoms with van der Waals surface area (Å²) in [7, 11) is 3.37. The molecule has 2 aromatic heterocycles. The van der Waals surface area contributed by atoms with E-state index in [0.29, 0.717) is 40.1 Å². The minimum Gasteiger partial charge on any atom is -0.316 e. The first-order valence-corrected chi connectivity index (χ1v) is 9.82. The summed E-state index contributed by atoms with van der Waals surface area (Å²) < 4.78 is 18.2. The van der Waals surface area contributed by atoms with Crippen LogP contribution in [0.3, 0.4) is 0 Å².